The molecule has 126 valence electrons. The molecule has 0 saturated heterocycles. The number of hydrogen-bond acceptors (Lipinski definition) is 5. The van der Waals surface area contributed by atoms with E-state index in [-0.39, 0.29) is 22.6 Å². The molecule has 0 aliphatic carbocycles. The van der Waals surface area contributed by atoms with Crippen molar-refractivity contribution in [3.05, 3.63) is 53.6 Å². The van der Waals surface area contributed by atoms with Gasteiger partial charge in [0, 0.05) is 24.8 Å². The lowest BCUT2D eigenvalue weighted by Crippen LogP contribution is -2.21. The number of anilines is 1. The molecule has 0 aliphatic heterocycles. The first-order chi connectivity index (χ1) is 11.5. The number of aromatic hydroxyl groups is 1. The van der Waals surface area contributed by atoms with Crippen LogP contribution in [0.15, 0.2) is 42.5 Å². The number of para-hydroxylation sites is 1. The number of carbonyl (C=O) groups excluding carboxylic acids is 1. The summed E-state index contributed by atoms with van der Waals surface area (Å²) in [5.74, 6) is -0.729. The van der Waals surface area contributed by atoms with E-state index in [1.54, 1.807) is 18.2 Å². The normalized spacial score (nSPS) is 10.2. The zero-order valence-corrected chi connectivity index (χ0v) is 13.5. The van der Waals surface area contributed by atoms with E-state index in [0.717, 1.165) is 18.8 Å². The van der Waals surface area contributed by atoms with Crippen LogP contribution in [0.2, 0.25) is 0 Å². The van der Waals surface area contributed by atoms with Gasteiger partial charge in [0.1, 0.15) is 11.5 Å². The maximum Gasteiger partial charge on any atom is 0.511 e. The summed E-state index contributed by atoms with van der Waals surface area (Å²) in [5.41, 5.74) is 0.974. The van der Waals surface area contributed by atoms with Gasteiger partial charge in [-0.05, 0) is 38.1 Å². The molecule has 6 nitrogen and oxygen atoms in total. The molecule has 0 aromatic heterocycles. The molecule has 2 N–H and O–H groups in total. The summed E-state index contributed by atoms with van der Waals surface area (Å²) in [5, 5.41) is 19.0. The van der Waals surface area contributed by atoms with Gasteiger partial charge in [0.2, 0.25) is 0 Å². The maximum atomic E-state index is 12.6. The van der Waals surface area contributed by atoms with Crippen LogP contribution in [0.3, 0.4) is 0 Å². The van der Waals surface area contributed by atoms with Crippen molar-refractivity contribution >= 4 is 17.6 Å². The minimum atomic E-state index is -1.50. The van der Waals surface area contributed by atoms with E-state index in [4.69, 9.17) is 5.11 Å². The molecule has 2 rings (SSSR count). The Morgan fingerprint density at radius 2 is 1.71 bits per heavy atom. The van der Waals surface area contributed by atoms with Gasteiger partial charge in [-0.2, -0.15) is 0 Å². The topological polar surface area (TPSA) is 87.1 Å². The summed E-state index contributed by atoms with van der Waals surface area (Å²) >= 11 is 0. The third-order valence-corrected chi connectivity index (χ3v) is 3.68. The van der Waals surface area contributed by atoms with E-state index in [1.165, 1.54) is 24.3 Å². The molecule has 2 aromatic carbocycles. The van der Waals surface area contributed by atoms with Crippen molar-refractivity contribution in [3.63, 3.8) is 0 Å². The Morgan fingerprint density at radius 1 is 1.04 bits per heavy atom. The van der Waals surface area contributed by atoms with Crippen molar-refractivity contribution in [2.75, 3.05) is 18.0 Å². The van der Waals surface area contributed by atoms with Crippen LogP contribution >= 0.6 is 0 Å². The third kappa shape index (κ3) is 3.65. The molecule has 2 aromatic rings. The van der Waals surface area contributed by atoms with Crippen molar-refractivity contribution < 1.29 is 24.5 Å². The van der Waals surface area contributed by atoms with E-state index in [1.807, 2.05) is 18.7 Å². The van der Waals surface area contributed by atoms with Gasteiger partial charge in [-0.25, -0.2) is 4.79 Å². The molecule has 6 heteroatoms. The Hall–Kier alpha value is -3.02. The standard InChI is InChI=1S/C18H19NO5/c1-3-19(4-2)12-9-10-13(15(20)11-12)17(21)14-7-5-6-8-16(14)24-18(22)23/h5-11,20H,3-4H2,1-2H3,(H,22,23). The molecular weight excluding hydrogens is 310 g/mol. The van der Waals surface area contributed by atoms with E-state index < -0.39 is 11.9 Å². The van der Waals surface area contributed by atoms with Crippen LogP contribution in [-0.2, 0) is 0 Å². The summed E-state index contributed by atoms with van der Waals surface area (Å²) < 4.78 is 4.63. The molecule has 0 bridgehead atoms. The van der Waals surface area contributed by atoms with Gasteiger partial charge in [0.25, 0.3) is 0 Å². The maximum absolute atomic E-state index is 12.6. The average Bonchev–Trinajstić information content (AvgIpc) is 2.55. The number of phenolic OH excluding ortho intramolecular Hbond substituents is 1. The van der Waals surface area contributed by atoms with Crippen LogP contribution in [0.25, 0.3) is 0 Å². The molecule has 24 heavy (non-hydrogen) atoms. The van der Waals surface area contributed by atoms with Gasteiger partial charge in [0.05, 0.1) is 11.1 Å². The second-order valence-corrected chi connectivity index (χ2v) is 5.07. The quantitative estimate of drug-likeness (QED) is 0.479. The predicted octanol–water partition coefficient (Wildman–Crippen LogP) is 3.53. The van der Waals surface area contributed by atoms with E-state index in [0.29, 0.717) is 0 Å². The third-order valence-electron chi connectivity index (χ3n) is 3.68. The fraction of sp³-hybridized carbons (Fsp3) is 0.222. The molecule has 0 aliphatic rings. The van der Waals surface area contributed by atoms with Crippen molar-refractivity contribution in [1.29, 1.82) is 0 Å². The van der Waals surface area contributed by atoms with E-state index >= 15 is 0 Å². The average molecular weight is 329 g/mol. The molecule has 0 fully saturated rings. The molecule has 0 unspecified atom stereocenters. The Kier molecular flexibility index (Phi) is 5.42. The van der Waals surface area contributed by atoms with E-state index in [2.05, 4.69) is 4.74 Å². The SMILES string of the molecule is CCN(CC)c1ccc(C(=O)c2ccccc2OC(=O)O)c(O)c1. The molecule has 0 heterocycles. The first-order valence-corrected chi connectivity index (χ1v) is 7.60. The summed E-state index contributed by atoms with van der Waals surface area (Å²) in [4.78, 5) is 25.4. The Bertz CT molecular complexity index is 753. The van der Waals surface area contributed by atoms with Crippen molar-refractivity contribution in [1.82, 2.24) is 0 Å². The van der Waals surface area contributed by atoms with Crippen LogP contribution in [0.4, 0.5) is 10.5 Å². The van der Waals surface area contributed by atoms with Crippen molar-refractivity contribution in [2.24, 2.45) is 0 Å². The largest absolute Gasteiger partial charge is 0.511 e. The lowest BCUT2D eigenvalue weighted by atomic mass is 10.0. The molecule has 0 atom stereocenters. The highest BCUT2D eigenvalue weighted by Gasteiger charge is 2.19. The summed E-state index contributed by atoms with van der Waals surface area (Å²) in [6.07, 6.45) is -1.50. The monoisotopic (exact) mass is 329 g/mol. The van der Waals surface area contributed by atoms with Gasteiger partial charge in [-0.3, -0.25) is 4.79 Å². The minimum Gasteiger partial charge on any atom is -0.507 e. The number of ether oxygens (including phenoxy) is 1. The number of rotatable bonds is 6. The molecule has 0 spiro atoms. The lowest BCUT2D eigenvalue weighted by molar-refractivity contribution is 0.103. The lowest BCUT2D eigenvalue weighted by Gasteiger charge is -2.21. The van der Waals surface area contributed by atoms with Gasteiger partial charge in [-0.15, -0.1) is 0 Å². The van der Waals surface area contributed by atoms with Crippen LogP contribution in [-0.4, -0.2) is 35.2 Å². The van der Waals surface area contributed by atoms with Gasteiger partial charge >= 0.3 is 6.16 Å². The van der Waals surface area contributed by atoms with Crippen LogP contribution in [0.5, 0.6) is 11.5 Å². The molecule has 0 saturated carbocycles. The number of ketones is 1. The van der Waals surface area contributed by atoms with E-state index in [9.17, 15) is 14.7 Å². The fourth-order valence-electron chi connectivity index (χ4n) is 2.48. The van der Waals surface area contributed by atoms with Gasteiger partial charge in [-0.1, -0.05) is 12.1 Å². The zero-order valence-electron chi connectivity index (χ0n) is 13.5. The number of benzene rings is 2. The second-order valence-electron chi connectivity index (χ2n) is 5.07. The Balaban J connectivity index is 2.39. The van der Waals surface area contributed by atoms with Gasteiger partial charge in [0.15, 0.2) is 5.78 Å². The second kappa shape index (κ2) is 7.50. The van der Waals surface area contributed by atoms with Crippen LogP contribution < -0.4 is 9.64 Å². The minimum absolute atomic E-state index is 0.0674. The number of carbonyl (C=O) groups is 2. The fourth-order valence-corrected chi connectivity index (χ4v) is 2.48. The zero-order chi connectivity index (χ0) is 17.7. The number of nitrogens with zero attached hydrogens (tertiary/aromatic N) is 1. The number of phenols is 1. The van der Waals surface area contributed by atoms with Crippen LogP contribution in [0.1, 0.15) is 29.8 Å². The highest BCUT2D eigenvalue weighted by Crippen LogP contribution is 2.29. The number of carboxylic acid groups (broad SMARTS) is 1. The van der Waals surface area contributed by atoms with Crippen molar-refractivity contribution in [3.8, 4) is 11.5 Å². The predicted molar refractivity (Wildman–Crippen MR) is 90.2 cm³/mol. The first kappa shape index (κ1) is 17.3. The van der Waals surface area contributed by atoms with Gasteiger partial charge < -0.3 is 19.8 Å². The highest BCUT2D eigenvalue weighted by atomic mass is 16.7. The summed E-state index contributed by atoms with van der Waals surface area (Å²) in [6, 6.07) is 10.8. The smallest absolute Gasteiger partial charge is 0.507 e. The molecule has 0 radical (unpaired) electrons. The van der Waals surface area contributed by atoms with Crippen molar-refractivity contribution in [2.45, 2.75) is 13.8 Å². The molecule has 0 amide bonds. The summed E-state index contributed by atoms with van der Waals surface area (Å²) in [7, 11) is 0. The summed E-state index contributed by atoms with van der Waals surface area (Å²) in [6.45, 7) is 5.55. The first-order valence-electron chi connectivity index (χ1n) is 7.60. The number of hydrogen-bond donors (Lipinski definition) is 2. The molecular formula is C18H19NO5. The Morgan fingerprint density at radius 3 is 2.29 bits per heavy atom. The van der Waals surface area contributed by atoms with Crippen LogP contribution in [0, 0.1) is 0 Å². The Labute approximate surface area is 139 Å². The highest BCUT2D eigenvalue weighted by molar-refractivity contribution is 6.12.